The Morgan fingerprint density at radius 1 is 1.21 bits per heavy atom. The van der Waals surface area contributed by atoms with Gasteiger partial charge in [-0.3, -0.25) is 9.59 Å². The molecule has 2 unspecified atom stereocenters. The van der Waals surface area contributed by atoms with Crippen LogP contribution < -0.4 is 10.5 Å². The van der Waals surface area contributed by atoms with E-state index in [1.807, 2.05) is 24.3 Å². The van der Waals surface area contributed by atoms with E-state index in [1.165, 1.54) is 6.92 Å². The molecule has 0 aliphatic rings. The highest BCUT2D eigenvalue weighted by atomic mass is 16.5. The molecule has 0 aliphatic heterocycles. The van der Waals surface area contributed by atoms with Gasteiger partial charge in [0.15, 0.2) is 0 Å². The zero-order chi connectivity index (χ0) is 17.9. The van der Waals surface area contributed by atoms with E-state index in [-0.39, 0.29) is 30.3 Å². The smallest absolute Gasteiger partial charge is 0.302 e. The minimum Gasteiger partial charge on any atom is -0.496 e. The molecule has 24 heavy (non-hydrogen) atoms. The molecule has 2 N–H and O–H groups in total. The monoisotopic (exact) mass is 335 g/mol. The van der Waals surface area contributed by atoms with Crippen molar-refractivity contribution in [3.8, 4) is 5.75 Å². The fourth-order valence-corrected chi connectivity index (χ4v) is 2.95. The maximum absolute atomic E-state index is 11.5. The fraction of sp³-hybridized carbons (Fsp3) is 0.579. The second-order valence-corrected chi connectivity index (χ2v) is 6.09. The standard InChI is InChI=1S/C19H29NO4/c1-4-5-6-11-18(24-14(2)21)16(13-19(20)22)12-15-9-7-8-10-17(15)23-3/h7-10,16,18H,4-6,11-13H2,1-3H3,(H2,20,22). The Labute approximate surface area is 144 Å². The molecule has 0 fully saturated rings. The van der Waals surface area contributed by atoms with Crippen molar-refractivity contribution >= 4 is 11.9 Å². The number of nitrogens with two attached hydrogens (primary N) is 1. The minimum atomic E-state index is -0.387. The lowest BCUT2D eigenvalue weighted by atomic mass is 9.87. The average Bonchev–Trinajstić information content (AvgIpc) is 2.53. The summed E-state index contributed by atoms with van der Waals surface area (Å²) in [4.78, 5) is 23.0. The van der Waals surface area contributed by atoms with E-state index in [1.54, 1.807) is 7.11 Å². The van der Waals surface area contributed by atoms with Crippen LogP contribution in [0.15, 0.2) is 24.3 Å². The number of para-hydroxylation sites is 1. The topological polar surface area (TPSA) is 78.6 Å². The summed E-state index contributed by atoms with van der Waals surface area (Å²) >= 11 is 0. The molecule has 1 rings (SSSR count). The lowest BCUT2D eigenvalue weighted by molar-refractivity contribution is -0.150. The molecule has 0 saturated carbocycles. The van der Waals surface area contributed by atoms with Gasteiger partial charge in [-0.25, -0.2) is 0 Å². The van der Waals surface area contributed by atoms with Gasteiger partial charge in [-0.05, 0) is 30.9 Å². The molecule has 0 heterocycles. The van der Waals surface area contributed by atoms with Crippen LogP contribution in [-0.4, -0.2) is 25.1 Å². The normalized spacial score (nSPS) is 13.1. The van der Waals surface area contributed by atoms with Gasteiger partial charge in [0, 0.05) is 19.3 Å². The number of primary amides is 1. The molecule has 0 spiro atoms. The summed E-state index contributed by atoms with van der Waals surface area (Å²) in [5, 5.41) is 0. The third-order valence-electron chi connectivity index (χ3n) is 4.07. The summed E-state index contributed by atoms with van der Waals surface area (Å²) in [6.07, 6.45) is 4.29. The van der Waals surface area contributed by atoms with Crippen molar-refractivity contribution < 1.29 is 19.1 Å². The number of unbranched alkanes of at least 4 members (excludes halogenated alkanes) is 2. The molecule has 0 saturated heterocycles. The maximum Gasteiger partial charge on any atom is 0.302 e. The number of methoxy groups -OCH3 is 1. The molecule has 0 aliphatic carbocycles. The highest BCUT2D eigenvalue weighted by Crippen LogP contribution is 2.27. The molecule has 5 nitrogen and oxygen atoms in total. The van der Waals surface area contributed by atoms with Crippen LogP contribution in [0.25, 0.3) is 0 Å². The fourth-order valence-electron chi connectivity index (χ4n) is 2.95. The van der Waals surface area contributed by atoms with Gasteiger partial charge in [-0.1, -0.05) is 38.0 Å². The number of carbonyl (C=O) groups excluding carboxylic acids is 2. The Morgan fingerprint density at radius 2 is 1.92 bits per heavy atom. The second kappa shape index (κ2) is 10.7. The summed E-state index contributed by atoms with van der Waals surface area (Å²) in [5.74, 6) is -0.102. The van der Waals surface area contributed by atoms with E-state index in [0.29, 0.717) is 6.42 Å². The summed E-state index contributed by atoms with van der Waals surface area (Å²) in [6.45, 7) is 3.52. The van der Waals surface area contributed by atoms with Crippen LogP contribution in [0.2, 0.25) is 0 Å². The number of ether oxygens (including phenoxy) is 2. The van der Waals surface area contributed by atoms with Crippen LogP contribution >= 0.6 is 0 Å². The van der Waals surface area contributed by atoms with Crippen LogP contribution in [0.5, 0.6) is 5.75 Å². The first-order chi connectivity index (χ1) is 11.5. The van der Waals surface area contributed by atoms with Crippen molar-refractivity contribution in [1.29, 1.82) is 0 Å². The van der Waals surface area contributed by atoms with Crippen molar-refractivity contribution in [2.24, 2.45) is 11.7 Å². The zero-order valence-corrected chi connectivity index (χ0v) is 14.9. The van der Waals surface area contributed by atoms with Gasteiger partial charge in [0.1, 0.15) is 11.9 Å². The SMILES string of the molecule is CCCCCC(OC(C)=O)C(CC(N)=O)Cc1ccccc1OC. The molecule has 1 aromatic carbocycles. The Hall–Kier alpha value is -2.04. The van der Waals surface area contributed by atoms with E-state index in [4.69, 9.17) is 15.2 Å². The molecular formula is C19H29NO4. The van der Waals surface area contributed by atoms with Crippen LogP contribution in [0, 0.1) is 5.92 Å². The van der Waals surface area contributed by atoms with Crippen LogP contribution in [0.4, 0.5) is 0 Å². The number of benzene rings is 1. The molecule has 0 radical (unpaired) electrons. The molecule has 1 aromatic rings. The Kier molecular flexibility index (Phi) is 8.90. The van der Waals surface area contributed by atoms with Crippen LogP contribution in [0.1, 0.15) is 51.5 Å². The molecule has 2 atom stereocenters. The van der Waals surface area contributed by atoms with E-state index in [2.05, 4.69) is 6.92 Å². The molecule has 0 aromatic heterocycles. The summed E-state index contributed by atoms with van der Waals surface area (Å²) < 4.78 is 10.9. The number of carbonyl (C=O) groups is 2. The van der Waals surface area contributed by atoms with E-state index in [9.17, 15) is 9.59 Å². The van der Waals surface area contributed by atoms with Gasteiger partial charge >= 0.3 is 5.97 Å². The van der Waals surface area contributed by atoms with Gasteiger partial charge in [0.25, 0.3) is 0 Å². The highest BCUT2D eigenvalue weighted by Gasteiger charge is 2.27. The summed E-state index contributed by atoms with van der Waals surface area (Å²) in [5.41, 5.74) is 6.42. The Balaban J connectivity index is 2.96. The zero-order valence-electron chi connectivity index (χ0n) is 14.9. The highest BCUT2D eigenvalue weighted by molar-refractivity contribution is 5.74. The van der Waals surface area contributed by atoms with E-state index >= 15 is 0 Å². The van der Waals surface area contributed by atoms with Crippen LogP contribution in [-0.2, 0) is 20.7 Å². The number of hydrogen-bond donors (Lipinski definition) is 1. The third-order valence-corrected chi connectivity index (χ3v) is 4.07. The summed E-state index contributed by atoms with van der Waals surface area (Å²) in [7, 11) is 1.62. The van der Waals surface area contributed by atoms with E-state index < -0.39 is 0 Å². The van der Waals surface area contributed by atoms with Crippen molar-refractivity contribution in [2.45, 2.75) is 58.5 Å². The van der Waals surface area contributed by atoms with Gasteiger partial charge in [0.05, 0.1) is 7.11 Å². The Bertz CT molecular complexity index is 530. The largest absolute Gasteiger partial charge is 0.496 e. The van der Waals surface area contributed by atoms with Gasteiger partial charge in [-0.2, -0.15) is 0 Å². The molecule has 134 valence electrons. The van der Waals surface area contributed by atoms with Crippen molar-refractivity contribution in [1.82, 2.24) is 0 Å². The molecule has 1 amide bonds. The minimum absolute atomic E-state index is 0.153. The predicted octanol–water partition coefficient (Wildman–Crippen LogP) is 3.24. The quantitative estimate of drug-likeness (QED) is 0.497. The lowest BCUT2D eigenvalue weighted by Gasteiger charge is -2.26. The Morgan fingerprint density at radius 3 is 2.50 bits per heavy atom. The number of hydrogen-bond acceptors (Lipinski definition) is 4. The summed E-state index contributed by atoms with van der Waals surface area (Å²) in [6, 6.07) is 7.67. The molecular weight excluding hydrogens is 306 g/mol. The van der Waals surface area contributed by atoms with Crippen LogP contribution in [0.3, 0.4) is 0 Å². The van der Waals surface area contributed by atoms with E-state index in [0.717, 1.165) is 37.0 Å². The number of amides is 1. The third kappa shape index (κ3) is 7.02. The van der Waals surface area contributed by atoms with Crippen molar-refractivity contribution in [2.75, 3.05) is 7.11 Å². The van der Waals surface area contributed by atoms with Crippen molar-refractivity contribution in [3.63, 3.8) is 0 Å². The van der Waals surface area contributed by atoms with Gasteiger partial charge in [0.2, 0.25) is 5.91 Å². The molecule has 5 heteroatoms. The van der Waals surface area contributed by atoms with Gasteiger partial charge in [-0.15, -0.1) is 0 Å². The first kappa shape index (κ1) is 20.0. The average molecular weight is 335 g/mol. The number of esters is 1. The second-order valence-electron chi connectivity index (χ2n) is 6.09. The first-order valence-electron chi connectivity index (χ1n) is 8.55. The first-order valence-corrected chi connectivity index (χ1v) is 8.55. The molecule has 0 bridgehead atoms. The van der Waals surface area contributed by atoms with Crippen molar-refractivity contribution in [3.05, 3.63) is 29.8 Å². The maximum atomic E-state index is 11.5. The predicted molar refractivity (Wildman–Crippen MR) is 93.7 cm³/mol. The van der Waals surface area contributed by atoms with Gasteiger partial charge < -0.3 is 15.2 Å². The number of rotatable bonds is 11. The lowest BCUT2D eigenvalue weighted by Crippen LogP contribution is -2.31.